The van der Waals surface area contributed by atoms with Crippen molar-refractivity contribution in [1.82, 2.24) is 15.5 Å². The molecule has 0 radical (unpaired) electrons. The number of hydrogen-bond donors (Lipinski definition) is 1. The molecule has 1 aromatic carbocycles. The lowest BCUT2D eigenvalue weighted by atomic mass is 10.2. The maximum Gasteiger partial charge on any atom is 0.251 e. The van der Waals surface area contributed by atoms with Gasteiger partial charge in [-0.2, -0.15) is 0 Å². The predicted molar refractivity (Wildman–Crippen MR) is 78.7 cm³/mol. The molecule has 1 heterocycles. The zero-order valence-corrected chi connectivity index (χ0v) is 12.8. The Kier molecular flexibility index (Phi) is 4.03. The molecule has 1 fully saturated rings. The first kappa shape index (κ1) is 13.6. The lowest BCUT2D eigenvalue weighted by Crippen LogP contribution is -2.19. The third kappa shape index (κ3) is 3.19. The fraction of sp³-hybridized carbons (Fsp3) is 0.429. The molecular formula is C14H16BrN3O2. The van der Waals surface area contributed by atoms with Crippen LogP contribution in [0.15, 0.2) is 27.1 Å². The van der Waals surface area contributed by atoms with Crippen molar-refractivity contribution in [3.05, 3.63) is 28.6 Å². The van der Waals surface area contributed by atoms with Crippen molar-refractivity contribution in [2.75, 3.05) is 13.7 Å². The van der Waals surface area contributed by atoms with E-state index in [9.17, 15) is 0 Å². The molecule has 0 saturated heterocycles. The average Bonchev–Trinajstić information content (AvgIpc) is 3.16. The maximum atomic E-state index is 5.70. The van der Waals surface area contributed by atoms with Crippen molar-refractivity contribution in [1.29, 1.82) is 0 Å². The average molecular weight is 338 g/mol. The van der Waals surface area contributed by atoms with E-state index in [0.717, 1.165) is 23.0 Å². The molecule has 1 aromatic heterocycles. The molecule has 3 rings (SSSR count). The Morgan fingerprint density at radius 2 is 2.25 bits per heavy atom. The summed E-state index contributed by atoms with van der Waals surface area (Å²) in [6.45, 7) is 0.879. The fourth-order valence-electron chi connectivity index (χ4n) is 1.98. The highest BCUT2D eigenvalue weighted by Gasteiger charge is 2.20. The first-order valence-electron chi connectivity index (χ1n) is 6.66. The molecule has 106 valence electrons. The van der Waals surface area contributed by atoms with Gasteiger partial charge >= 0.3 is 0 Å². The van der Waals surface area contributed by atoms with Crippen LogP contribution in [0.3, 0.4) is 0 Å². The highest BCUT2D eigenvalue weighted by Crippen LogP contribution is 2.31. The molecule has 20 heavy (non-hydrogen) atoms. The highest BCUT2D eigenvalue weighted by atomic mass is 79.9. The van der Waals surface area contributed by atoms with Gasteiger partial charge in [-0.1, -0.05) is 15.9 Å². The smallest absolute Gasteiger partial charge is 0.251 e. The van der Waals surface area contributed by atoms with Gasteiger partial charge in [-0.15, -0.1) is 10.2 Å². The van der Waals surface area contributed by atoms with Gasteiger partial charge in [0.05, 0.1) is 12.7 Å². The maximum absolute atomic E-state index is 5.70. The zero-order valence-electron chi connectivity index (χ0n) is 11.2. The Balaban J connectivity index is 1.71. The molecule has 5 nitrogen and oxygen atoms in total. The quantitative estimate of drug-likeness (QED) is 0.878. The summed E-state index contributed by atoms with van der Waals surface area (Å²) < 4.78 is 12.0. The van der Waals surface area contributed by atoms with Crippen LogP contribution in [0, 0.1) is 0 Å². The molecule has 1 saturated carbocycles. The Labute approximate surface area is 125 Å². The molecule has 6 heteroatoms. The van der Waals surface area contributed by atoms with Crippen molar-refractivity contribution in [3.8, 4) is 17.2 Å². The number of nitrogens with one attached hydrogen (secondary N) is 1. The number of aromatic nitrogens is 2. The van der Waals surface area contributed by atoms with Crippen molar-refractivity contribution >= 4 is 15.9 Å². The van der Waals surface area contributed by atoms with E-state index in [4.69, 9.17) is 9.15 Å². The number of rotatable bonds is 6. The minimum atomic E-state index is 0.496. The molecular weight excluding hydrogens is 322 g/mol. The monoisotopic (exact) mass is 337 g/mol. The summed E-state index contributed by atoms with van der Waals surface area (Å²) in [5.41, 5.74) is 0.810. The van der Waals surface area contributed by atoms with Crippen LogP contribution < -0.4 is 10.1 Å². The van der Waals surface area contributed by atoms with Gasteiger partial charge in [0.15, 0.2) is 0 Å². The van der Waals surface area contributed by atoms with E-state index in [1.807, 2.05) is 18.2 Å². The van der Waals surface area contributed by atoms with Gasteiger partial charge in [-0.25, -0.2) is 0 Å². The number of benzene rings is 1. The Hall–Kier alpha value is -1.40. The molecule has 0 aliphatic heterocycles. The normalized spacial score (nSPS) is 14.5. The van der Waals surface area contributed by atoms with Gasteiger partial charge < -0.3 is 14.5 Å². The molecule has 0 bridgehead atoms. The van der Waals surface area contributed by atoms with Crippen molar-refractivity contribution in [2.24, 2.45) is 0 Å². The van der Waals surface area contributed by atoms with Gasteiger partial charge in [0, 0.05) is 23.5 Å². The first-order valence-corrected chi connectivity index (χ1v) is 7.45. The minimum absolute atomic E-state index is 0.496. The van der Waals surface area contributed by atoms with Gasteiger partial charge in [-0.3, -0.25) is 0 Å². The summed E-state index contributed by atoms with van der Waals surface area (Å²) in [6, 6.07) is 6.41. The van der Waals surface area contributed by atoms with E-state index >= 15 is 0 Å². The summed E-state index contributed by atoms with van der Waals surface area (Å²) in [6.07, 6.45) is 3.32. The fourth-order valence-corrected chi connectivity index (χ4v) is 2.32. The second-order valence-electron chi connectivity index (χ2n) is 4.82. The molecule has 0 atom stereocenters. The molecule has 1 N–H and O–H groups in total. The van der Waals surface area contributed by atoms with Gasteiger partial charge in [0.25, 0.3) is 5.89 Å². The topological polar surface area (TPSA) is 60.2 Å². The lowest BCUT2D eigenvalue weighted by molar-refractivity contribution is 0.413. The van der Waals surface area contributed by atoms with Gasteiger partial charge in [0.1, 0.15) is 5.75 Å². The van der Waals surface area contributed by atoms with Crippen molar-refractivity contribution in [3.63, 3.8) is 0 Å². The minimum Gasteiger partial charge on any atom is -0.496 e. The second-order valence-corrected chi connectivity index (χ2v) is 5.74. The van der Waals surface area contributed by atoms with Gasteiger partial charge in [-0.05, 0) is 31.0 Å². The van der Waals surface area contributed by atoms with Crippen LogP contribution in [0.5, 0.6) is 5.75 Å². The second kappa shape index (κ2) is 5.93. The van der Waals surface area contributed by atoms with Crippen molar-refractivity contribution in [2.45, 2.75) is 25.3 Å². The molecule has 0 spiro atoms. The summed E-state index contributed by atoms with van der Waals surface area (Å²) in [5, 5.41) is 11.6. The van der Waals surface area contributed by atoms with Crippen LogP contribution in [0.2, 0.25) is 0 Å². The third-order valence-electron chi connectivity index (χ3n) is 3.21. The van der Waals surface area contributed by atoms with Crippen LogP contribution in [0.1, 0.15) is 18.7 Å². The van der Waals surface area contributed by atoms with E-state index in [0.29, 0.717) is 23.6 Å². The van der Waals surface area contributed by atoms with Crippen LogP contribution in [0.25, 0.3) is 11.5 Å². The number of methoxy groups -OCH3 is 1. The predicted octanol–water partition coefficient (Wildman–Crippen LogP) is 2.80. The SMILES string of the molecule is COc1cc(Br)ccc1-c1nnc(CCNC2CC2)o1. The van der Waals surface area contributed by atoms with E-state index in [1.165, 1.54) is 12.8 Å². The first-order chi connectivity index (χ1) is 9.76. The molecule has 1 aliphatic rings. The molecule has 2 aromatic rings. The van der Waals surface area contributed by atoms with Crippen LogP contribution in [-0.2, 0) is 6.42 Å². The largest absolute Gasteiger partial charge is 0.496 e. The number of ether oxygens (including phenoxy) is 1. The lowest BCUT2D eigenvalue weighted by Gasteiger charge is -2.05. The van der Waals surface area contributed by atoms with E-state index in [1.54, 1.807) is 7.11 Å². The van der Waals surface area contributed by atoms with Crippen LogP contribution in [0.4, 0.5) is 0 Å². The molecule has 1 aliphatic carbocycles. The van der Waals surface area contributed by atoms with Crippen molar-refractivity contribution < 1.29 is 9.15 Å². The Bertz CT molecular complexity index is 596. The standard InChI is InChI=1S/C14H16BrN3O2/c1-19-12-8-9(15)2-5-11(12)14-18-17-13(20-14)6-7-16-10-3-4-10/h2,5,8,10,16H,3-4,6-7H2,1H3. The third-order valence-corrected chi connectivity index (χ3v) is 3.70. The summed E-state index contributed by atoms with van der Waals surface area (Å²) in [7, 11) is 1.63. The Morgan fingerprint density at radius 3 is 3.00 bits per heavy atom. The van der Waals surface area contributed by atoms with Gasteiger partial charge in [0.2, 0.25) is 5.89 Å². The number of hydrogen-bond acceptors (Lipinski definition) is 5. The summed E-state index contributed by atoms with van der Waals surface area (Å²) in [4.78, 5) is 0. The molecule has 0 unspecified atom stereocenters. The van der Waals surface area contributed by atoms with E-state index < -0.39 is 0 Å². The number of halogens is 1. The summed E-state index contributed by atoms with van der Waals surface area (Å²) >= 11 is 3.41. The van der Waals surface area contributed by atoms with Crippen LogP contribution in [-0.4, -0.2) is 29.9 Å². The zero-order chi connectivity index (χ0) is 13.9. The number of nitrogens with zero attached hydrogens (tertiary/aromatic N) is 2. The van der Waals surface area contributed by atoms with Crippen LogP contribution >= 0.6 is 15.9 Å². The highest BCUT2D eigenvalue weighted by molar-refractivity contribution is 9.10. The summed E-state index contributed by atoms with van der Waals surface area (Å²) in [5.74, 6) is 1.86. The van der Waals surface area contributed by atoms with E-state index in [2.05, 4.69) is 31.4 Å². The van der Waals surface area contributed by atoms with E-state index in [-0.39, 0.29) is 0 Å². The molecule has 0 amide bonds. The Morgan fingerprint density at radius 1 is 1.40 bits per heavy atom.